The highest BCUT2D eigenvalue weighted by Crippen LogP contribution is 2.26. The Bertz CT molecular complexity index is 546. The van der Waals surface area contributed by atoms with E-state index in [0.717, 1.165) is 44.3 Å². The number of halogens is 1. The van der Waals surface area contributed by atoms with E-state index >= 15 is 0 Å². The molecular formula is C18H26ClN3O2. The van der Waals surface area contributed by atoms with E-state index in [1.165, 1.54) is 0 Å². The van der Waals surface area contributed by atoms with Gasteiger partial charge in [0.05, 0.1) is 0 Å². The summed E-state index contributed by atoms with van der Waals surface area (Å²) < 4.78 is 0. The molecule has 0 saturated carbocycles. The molecule has 2 amide bonds. The fourth-order valence-corrected chi connectivity index (χ4v) is 3.46. The van der Waals surface area contributed by atoms with E-state index in [0.29, 0.717) is 13.0 Å². The van der Waals surface area contributed by atoms with Crippen molar-refractivity contribution in [2.45, 2.75) is 44.2 Å². The number of amides is 2. The number of nitrogens with zero attached hydrogens (tertiary/aromatic N) is 1. The largest absolute Gasteiger partial charge is 0.350 e. The maximum Gasteiger partial charge on any atom is 0.247 e. The number of nitrogens with one attached hydrogen (secondary N) is 2. The van der Waals surface area contributed by atoms with Gasteiger partial charge in [0.1, 0.15) is 6.04 Å². The first-order valence-corrected chi connectivity index (χ1v) is 8.61. The van der Waals surface area contributed by atoms with Gasteiger partial charge in [0.2, 0.25) is 11.8 Å². The molecule has 2 aliphatic heterocycles. The summed E-state index contributed by atoms with van der Waals surface area (Å²) in [6, 6.07) is 9.30. The maximum atomic E-state index is 12.9. The molecule has 0 bridgehead atoms. The van der Waals surface area contributed by atoms with Crippen molar-refractivity contribution in [2.75, 3.05) is 19.6 Å². The second-order valence-electron chi connectivity index (χ2n) is 6.41. The van der Waals surface area contributed by atoms with Crippen LogP contribution in [0.3, 0.4) is 0 Å². The smallest absolute Gasteiger partial charge is 0.247 e. The summed E-state index contributed by atoms with van der Waals surface area (Å²) in [5.41, 5.74) is 0.893. The molecule has 3 rings (SSSR count). The Morgan fingerprint density at radius 2 is 2.00 bits per heavy atom. The highest BCUT2D eigenvalue weighted by Gasteiger charge is 2.33. The Morgan fingerprint density at radius 3 is 2.67 bits per heavy atom. The highest BCUT2D eigenvalue weighted by atomic mass is 35.5. The zero-order chi connectivity index (χ0) is 16.1. The fourth-order valence-electron chi connectivity index (χ4n) is 3.46. The molecule has 2 N–H and O–H groups in total. The molecule has 2 aliphatic rings. The van der Waals surface area contributed by atoms with Gasteiger partial charge in [-0.25, -0.2) is 0 Å². The molecule has 5 nitrogen and oxygen atoms in total. The summed E-state index contributed by atoms with van der Waals surface area (Å²) in [7, 11) is 0. The molecule has 2 fully saturated rings. The van der Waals surface area contributed by atoms with E-state index in [1.54, 1.807) is 4.90 Å². The number of carbonyl (C=O) groups is 2. The molecule has 0 radical (unpaired) electrons. The predicted octanol–water partition coefficient (Wildman–Crippen LogP) is 2.03. The molecule has 1 aromatic rings. The number of hydrogen-bond acceptors (Lipinski definition) is 3. The Kier molecular flexibility index (Phi) is 7.06. The van der Waals surface area contributed by atoms with Gasteiger partial charge in [-0.2, -0.15) is 0 Å². The minimum absolute atomic E-state index is 0. The molecule has 132 valence electrons. The van der Waals surface area contributed by atoms with E-state index in [4.69, 9.17) is 0 Å². The quantitative estimate of drug-likeness (QED) is 0.872. The van der Waals surface area contributed by atoms with Gasteiger partial charge in [-0.05, 0) is 37.8 Å². The van der Waals surface area contributed by atoms with E-state index in [1.807, 2.05) is 30.3 Å². The Balaban J connectivity index is 0.00000208. The Hall–Kier alpha value is -1.59. The highest BCUT2D eigenvalue weighted by molar-refractivity contribution is 5.89. The molecule has 0 aliphatic carbocycles. The molecule has 24 heavy (non-hydrogen) atoms. The van der Waals surface area contributed by atoms with Gasteiger partial charge in [-0.15, -0.1) is 12.4 Å². The SMILES string of the molecule is Cl.O=C(N[C@H]1CCCNC1)C(c1ccccc1)N1CCCCC1=O. The minimum Gasteiger partial charge on any atom is -0.350 e. The average Bonchev–Trinajstić information content (AvgIpc) is 2.59. The van der Waals surface area contributed by atoms with Crippen molar-refractivity contribution < 1.29 is 9.59 Å². The van der Waals surface area contributed by atoms with E-state index < -0.39 is 6.04 Å². The Labute approximate surface area is 149 Å². The van der Waals surface area contributed by atoms with Gasteiger partial charge in [-0.3, -0.25) is 9.59 Å². The lowest BCUT2D eigenvalue weighted by Gasteiger charge is -2.35. The zero-order valence-corrected chi connectivity index (χ0v) is 14.7. The van der Waals surface area contributed by atoms with Crippen molar-refractivity contribution in [3.8, 4) is 0 Å². The summed E-state index contributed by atoms with van der Waals surface area (Å²) in [5, 5.41) is 6.45. The first-order chi connectivity index (χ1) is 11.3. The van der Waals surface area contributed by atoms with Crippen LogP contribution in [0.25, 0.3) is 0 Å². The van der Waals surface area contributed by atoms with Gasteiger partial charge in [0.15, 0.2) is 0 Å². The van der Waals surface area contributed by atoms with Gasteiger partial charge in [0.25, 0.3) is 0 Å². The summed E-state index contributed by atoms with van der Waals surface area (Å²) in [5.74, 6) is 0.0298. The third-order valence-corrected chi connectivity index (χ3v) is 4.68. The second kappa shape index (κ2) is 9.04. The topological polar surface area (TPSA) is 61.4 Å². The zero-order valence-electron chi connectivity index (χ0n) is 13.9. The van der Waals surface area contributed by atoms with Crippen LogP contribution >= 0.6 is 12.4 Å². The van der Waals surface area contributed by atoms with Crippen LogP contribution in [0.1, 0.15) is 43.7 Å². The van der Waals surface area contributed by atoms with E-state index in [-0.39, 0.29) is 30.3 Å². The van der Waals surface area contributed by atoms with Crippen LogP contribution in [-0.2, 0) is 9.59 Å². The number of carbonyl (C=O) groups excluding carboxylic acids is 2. The van der Waals surface area contributed by atoms with Crippen molar-refractivity contribution in [3.63, 3.8) is 0 Å². The third-order valence-electron chi connectivity index (χ3n) is 4.68. The third kappa shape index (κ3) is 4.48. The van der Waals surface area contributed by atoms with Gasteiger partial charge >= 0.3 is 0 Å². The van der Waals surface area contributed by atoms with E-state index in [9.17, 15) is 9.59 Å². The van der Waals surface area contributed by atoms with Crippen LogP contribution in [0.2, 0.25) is 0 Å². The lowest BCUT2D eigenvalue weighted by Crippen LogP contribution is -2.51. The van der Waals surface area contributed by atoms with Crippen LogP contribution in [0.5, 0.6) is 0 Å². The molecule has 0 spiro atoms. The number of benzene rings is 1. The van der Waals surface area contributed by atoms with Crippen molar-refractivity contribution in [1.29, 1.82) is 0 Å². The van der Waals surface area contributed by atoms with Crippen LogP contribution in [0.4, 0.5) is 0 Å². The molecule has 1 aromatic carbocycles. The minimum atomic E-state index is -0.508. The van der Waals surface area contributed by atoms with Crippen molar-refractivity contribution in [3.05, 3.63) is 35.9 Å². The monoisotopic (exact) mass is 351 g/mol. The van der Waals surface area contributed by atoms with Crippen molar-refractivity contribution in [1.82, 2.24) is 15.5 Å². The molecule has 2 saturated heterocycles. The lowest BCUT2D eigenvalue weighted by atomic mass is 9.99. The summed E-state index contributed by atoms with van der Waals surface area (Å²) in [4.78, 5) is 27.0. The summed E-state index contributed by atoms with van der Waals surface area (Å²) >= 11 is 0. The number of piperidine rings is 2. The van der Waals surface area contributed by atoms with E-state index in [2.05, 4.69) is 10.6 Å². The first kappa shape index (κ1) is 18.7. The standard InChI is InChI=1S/C18H25N3O2.ClH/c22-16-10-4-5-12-21(16)17(14-7-2-1-3-8-14)18(23)20-15-9-6-11-19-13-15;/h1-3,7-8,15,17,19H,4-6,9-13H2,(H,20,23);1H/t15-,17?;/m0./s1. The van der Waals surface area contributed by atoms with Crippen molar-refractivity contribution >= 4 is 24.2 Å². The number of likely N-dealkylation sites (tertiary alicyclic amines) is 1. The predicted molar refractivity (Wildman–Crippen MR) is 96.0 cm³/mol. The molecule has 0 aromatic heterocycles. The molecule has 2 heterocycles. The molecule has 6 heteroatoms. The van der Waals surface area contributed by atoms with Gasteiger partial charge in [-0.1, -0.05) is 30.3 Å². The normalized spacial score (nSPS) is 22.4. The lowest BCUT2D eigenvalue weighted by molar-refractivity contribution is -0.143. The maximum absolute atomic E-state index is 12.9. The number of rotatable bonds is 4. The second-order valence-corrected chi connectivity index (χ2v) is 6.41. The summed E-state index contributed by atoms with van der Waals surface area (Å²) in [6.45, 7) is 2.48. The number of hydrogen-bond donors (Lipinski definition) is 2. The van der Waals surface area contributed by atoms with Gasteiger partial charge in [0, 0.05) is 25.6 Å². The molecule has 1 unspecified atom stereocenters. The fraction of sp³-hybridized carbons (Fsp3) is 0.556. The first-order valence-electron chi connectivity index (χ1n) is 8.61. The molecule has 2 atom stereocenters. The van der Waals surface area contributed by atoms with Crippen molar-refractivity contribution in [2.24, 2.45) is 0 Å². The summed E-state index contributed by atoms with van der Waals surface area (Å²) in [6.07, 6.45) is 4.50. The van der Waals surface area contributed by atoms with Crippen LogP contribution in [0, 0.1) is 0 Å². The Morgan fingerprint density at radius 1 is 1.21 bits per heavy atom. The van der Waals surface area contributed by atoms with Crippen LogP contribution < -0.4 is 10.6 Å². The molecular weight excluding hydrogens is 326 g/mol. The van der Waals surface area contributed by atoms with Gasteiger partial charge < -0.3 is 15.5 Å². The van der Waals surface area contributed by atoms with Crippen LogP contribution in [0.15, 0.2) is 30.3 Å². The average molecular weight is 352 g/mol. The van der Waals surface area contributed by atoms with Crippen LogP contribution in [-0.4, -0.2) is 42.4 Å².